The average Bonchev–Trinajstić information content (AvgIpc) is 2.75. The molecule has 2 rings (SSSR count). The normalized spacial score (nSPS) is 13.4. The summed E-state index contributed by atoms with van der Waals surface area (Å²) in [5.41, 5.74) is 2.07. The van der Waals surface area contributed by atoms with Gasteiger partial charge in [0.1, 0.15) is 10.4 Å². The van der Waals surface area contributed by atoms with Gasteiger partial charge in [0, 0.05) is 11.4 Å². The van der Waals surface area contributed by atoms with Crippen LogP contribution in [0.1, 0.15) is 12.5 Å². The van der Waals surface area contributed by atoms with Crippen molar-refractivity contribution in [1.82, 2.24) is 5.32 Å². The molecule has 0 bridgehead atoms. The molecule has 0 radical (unpaired) electrons. The molecule has 1 atom stereocenters. The highest BCUT2D eigenvalue weighted by atomic mass is 35.5. The molecule has 0 fully saturated rings. The van der Waals surface area contributed by atoms with Gasteiger partial charge in [-0.2, -0.15) is 0 Å². The van der Waals surface area contributed by atoms with Gasteiger partial charge in [0.2, 0.25) is 0 Å². The molecular formula is C13H15Cl2NO. The number of fused-ring (bicyclic) bond motifs is 1. The third-order valence-electron chi connectivity index (χ3n) is 2.75. The van der Waals surface area contributed by atoms with Crippen LogP contribution in [0.15, 0.2) is 34.9 Å². The first-order valence-corrected chi connectivity index (χ1v) is 6.55. The monoisotopic (exact) mass is 271 g/mol. The Kier molecular flexibility index (Phi) is 4.32. The second-order valence-electron chi connectivity index (χ2n) is 4.00. The zero-order chi connectivity index (χ0) is 12.3. The van der Waals surface area contributed by atoms with Gasteiger partial charge in [0.15, 0.2) is 0 Å². The van der Waals surface area contributed by atoms with Gasteiger partial charge >= 0.3 is 0 Å². The molecule has 4 heteroatoms. The van der Waals surface area contributed by atoms with Gasteiger partial charge < -0.3 is 9.73 Å². The van der Waals surface area contributed by atoms with Crippen LogP contribution in [-0.2, 0) is 6.42 Å². The van der Waals surface area contributed by atoms with Crippen molar-refractivity contribution < 1.29 is 4.42 Å². The van der Waals surface area contributed by atoms with Crippen molar-refractivity contribution in [3.8, 4) is 0 Å². The highest BCUT2D eigenvalue weighted by Gasteiger charge is 2.16. The van der Waals surface area contributed by atoms with Crippen molar-refractivity contribution in [2.75, 3.05) is 6.54 Å². The molecule has 1 aromatic carbocycles. The van der Waals surface area contributed by atoms with Crippen molar-refractivity contribution in [1.29, 1.82) is 0 Å². The van der Waals surface area contributed by atoms with E-state index in [1.165, 1.54) is 5.56 Å². The number of halogens is 2. The second-order valence-corrected chi connectivity index (χ2v) is 5.16. The molecule has 2 nitrogen and oxygen atoms in total. The van der Waals surface area contributed by atoms with E-state index in [0.29, 0.717) is 0 Å². The quantitative estimate of drug-likeness (QED) is 0.838. The fourth-order valence-electron chi connectivity index (χ4n) is 1.89. The smallest absolute Gasteiger partial charge is 0.134 e. The maximum atomic E-state index is 5.95. The molecule has 0 amide bonds. The Bertz CT molecular complexity index is 481. The number of furan rings is 1. The van der Waals surface area contributed by atoms with E-state index in [9.17, 15) is 0 Å². The molecule has 0 saturated carbocycles. The molecule has 17 heavy (non-hydrogen) atoms. The van der Waals surface area contributed by atoms with E-state index < -0.39 is 4.84 Å². The number of hydrogen-bond acceptors (Lipinski definition) is 2. The molecule has 1 unspecified atom stereocenters. The first-order chi connectivity index (χ1) is 8.20. The van der Waals surface area contributed by atoms with Crippen LogP contribution in [-0.4, -0.2) is 17.4 Å². The number of rotatable bonds is 5. The van der Waals surface area contributed by atoms with Crippen LogP contribution in [0.4, 0.5) is 0 Å². The third kappa shape index (κ3) is 3.15. The maximum absolute atomic E-state index is 5.95. The summed E-state index contributed by atoms with van der Waals surface area (Å²) >= 11 is 11.9. The highest BCUT2D eigenvalue weighted by molar-refractivity contribution is 6.44. The Balaban J connectivity index is 2.15. The number of nitrogens with one attached hydrogen (secondary N) is 1. The van der Waals surface area contributed by atoms with Gasteiger partial charge in [-0.25, -0.2) is 0 Å². The van der Waals surface area contributed by atoms with E-state index in [0.717, 1.165) is 23.9 Å². The molecule has 1 heterocycles. The molecule has 2 aromatic rings. The van der Waals surface area contributed by atoms with Crippen LogP contribution in [0, 0.1) is 0 Å². The van der Waals surface area contributed by atoms with E-state index in [1.807, 2.05) is 19.1 Å². The second kappa shape index (κ2) is 5.76. The molecule has 0 spiro atoms. The fraction of sp³-hybridized carbons (Fsp3) is 0.385. The highest BCUT2D eigenvalue weighted by Crippen LogP contribution is 2.20. The standard InChI is InChI=1S/C13H15Cl2NO/c1-2-16-11(13(14)15)7-9-3-4-10-5-6-17-12(10)8-9/h3-6,8,11,13,16H,2,7H2,1H3. The molecule has 0 aliphatic carbocycles. The largest absolute Gasteiger partial charge is 0.464 e. The lowest BCUT2D eigenvalue weighted by molar-refractivity contribution is 0.551. The number of alkyl halides is 2. The predicted molar refractivity (Wildman–Crippen MR) is 72.9 cm³/mol. The van der Waals surface area contributed by atoms with E-state index in [1.54, 1.807) is 6.26 Å². The van der Waals surface area contributed by atoms with E-state index >= 15 is 0 Å². The Hall–Kier alpha value is -0.700. The van der Waals surface area contributed by atoms with Gasteiger partial charge in [0.05, 0.1) is 6.26 Å². The minimum atomic E-state index is -0.415. The van der Waals surface area contributed by atoms with Crippen LogP contribution in [0.3, 0.4) is 0 Å². The molecule has 0 saturated heterocycles. The third-order valence-corrected chi connectivity index (χ3v) is 3.35. The van der Waals surface area contributed by atoms with Crippen LogP contribution in [0.5, 0.6) is 0 Å². The SMILES string of the molecule is CCNC(Cc1ccc2ccoc2c1)C(Cl)Cl. The minimum Gasteiger partial charge on any atom is -0.464 e. The fourth-order valence-corrected chi connectivity index (χ4v) is 2.25. The lowest BCUT2D eigenvalue weighted by Gasteiger charge is -2.18. The van der Waals surface area contributed by atoms with Crippen molar-refractivity contribution in [3.05, 3.63) is 36.1 Å². The molecule has 0 aliphatic heterocycles. The van der Waals surface area contributed by atoms with Crippen molar-refractivity contribution in [2.24, 2.45) is 0 Å². The van der Waals surface area contributed by atoms with E-state index in [2.05, 4.69) is 17.4 Å². The molecule has 92 valence electrons. The zero-order valence-electron chi connectivity index (χ0n) is 9.62. The van der Waals surface area contributed by atoms with Gasteiger partial charge in [-0.05, 0) is 30.7 Å². The summed E-state index contributed by atoms with van der Waals surface area (Å²) in [4.78, 5) is -0.415. The number of benzene rings is 1. The summed E-state index contributed by atoms with van der Waals surface area (Å²) in [6, 6.07) is 8.19. The minimum absolute atomic E-state index is 0.0655. The van der Waals surface area contributed by atoms with Gasteiger partial charge in [0.25, 0.3) is 0 Å². The zero-order valence-corrected chi connectivity index (χ0v) is 11.1. The summed E-state index contributed by atoms with van der Waals surface area (Å²) in [6.45, 7) is 2.89. The summed E-state index contributed by atoms with van der Waals surface area (Å²) in [7, 11) is 0. The first-order valence-electron chi connectivity index (χ1n) is 5.68. The summed E-state index contributed by atoms with van der Waals surface area (Å²) in [5.74, 6) is 0. The number of likely N-dealkylation sites (N-methyl/N-ethyl adjacent to an activating group) is 1. The average molecular weight is 272 g/mol. The van der Waals surface area contributed by atoms with Crippen molar-refractivity contribution in [3.63, 3.8) is 0 Å². The summed E-state index contributed by atoms with van der Waals surface area (Å²) < 4.78 is 5.37. The maximum Gasteiger partial charge on any atom is 0.134 e. The van der Waals surface area contributed by atoms with Crippen LogP contribution < -0.4 is 5.32 Å². The molecule has 0 aliphatic rings. The Morgan fingerprint density at radius 1 is 1.29 bits per heavy atom. The summed E-state index contributed by atoms with van der Waals surface area (Å²) in [5, 5.41) is 4.39. The van der Waals surface area contributed by atoms with Crippen molar-refractivity contribution >= 4 is 34.2 Å². The Morgan fingerprint density at radius 3 is 2.82 bits per heavy atom. The first kappa shape index (κ1) is 12.7. The lowest BCUT2D eigenvalue weighted by atomic mass is 10.1. The van der Waals surface area contributed by atoms with E-state index in [4.69, 9.17) is 27.6 Å². The Labute approximate surface area is 111 Å². The molecule has 1 N–H and O–H groups in total. The topological polar surface area (TPSA) is 25.2 Å². The van der Waals surface area contributed by atoms with Gasteiger partial charge in [-0.1, -0.05) is 19.1 Å². The molecule has 1 aromatic heterocycles. The van der Waals surface area contributed by atoms with E-state index in [-0.39, 0.29) is 6.04 Å². The number of hydrogen-bond donors (Lipinski definition) is 1. The lowest BCUT2D eigenvalue weighted by Crippen LogP contribution is -2.36. The van der Waals surface area contributed by atoms with Gasteiger partial charge in [-0.15, -0.1) is 23.2 Å². The van der Waals surface area contributed by atoms with Crippen molar-refractivity contribution in [2.45, 2.75) is 24.2 Å². The Morgan fingerprint density at radius 2 is 2.12 bits per heavy atom. The van der Waals surface area contributed by atoms with Crippen LogP contribution >= 0.6 is 23.2 Å². The molecular weight excluding hydrogens is 257 g/mol. The van der Waals surface area contributed by atoms with Crippen LogP contribution in [0.2, 0.25) is 0 Å². The summed E-state index contributed by atoms with van der Waals surface area (Å²) in [6.07, 6.45) is 2.49. The van der Waals surface area contributed by atoms with Gasteiger partial charge in [-0.3, -0.25) is 0 Å². The van der Waals surface area contributed by atoms with Crippen LogP contribution in [0.25, 0.3) is 11.0 Å². The predicted octanol–water partition coefficient (Wildman–Crippen LogP) is 3.76.